The number of ether oxygens (including phenoxy) is 2. The molecule has 142 valence electrons. The normalized spacial score (nSPS) is 12.7. The molecule has 3 rings (SSSR count). The lowest BCUT2D eigenvalue weighted by molar-refractivity contribution is -0.116. The molecule has 1 heterocycles. The van der Waals surface area contributed by atoms with E-state index in [1.54, 1.807) is 12.2 Å². The SMILES string of the molecule is CCN(CC)Cc1ccccc1CNC(=O)/C=C/c1ccc2c(c1)OCO2. The van der Waals surface area contributed by atoms with Gasteiger partial charge in [-0.3, -0.25) is 9.69 Å². The molecule has 27 heavy (non-hydrogen) atoms. The first kappa shape index (κ1) is 19.0. The summed E-state index contributed by atoms with van der Waals surface area (Å²) in [5.41, 5.74) is 3.30. The molecule has 0 fully saturated rings. The van der Waals surface area contributed by atoms with E-state index in [-0.39, 0.29) is 12.7 Å². The van der Waals surface area contributed by atoms with E-state index in [0.717, 1.165) is 36.5 Å². The second kappa shape index (κ2) is 9.24. The van der Waals surface area contributed by atoms with E-state index in [2.05, 4.69) is 36.2 Å². The van der Waals surface area contributed by atoms with Gasteiger partial charge in [-0.15, -0.1) is 0 Å². The van der Waals surface area contributed by atoms with Crippen molar-refractivity contribution in [3.8, 4) is 11.5 Å². The topological polar surface area (TPSA) is 50.8 Å². The Morgan fingerprint density at radius 1 is 1.07 bits per heavy atom. The minimum atomic E-state index is -0.120. The van der Waals surface area contributed by atoms with Crippen LogP contribution in [-0.4, -0.2) is 30.7 Å². The minimum absolute atomic E-state index is 0.120. The average molecular weight is 366 g/mol. The Hall–Kier alpha value is -2.79. The summed E-state index contributed by atoms with van der Waals surface area (Å²) in [6.45, 7) is 8.00. The third-order valence-corrected chi connectivity index (χ3v) is 4.68. The smallest absolute Gasteiger partial charge is 0.244 e. The lowest BCUT2D eigenvalue weighted by atomic mass is 10.1. The van der Waals surface area contributed by atoms with Gasteiger partial charge in [0.1, 0.15) is 0 Å². The van der Waals surface area contributed by atoms with Crippen LogP contribution in [0.4, 0.5) is 0 Å². The molecule has 1 amide bonds. The van der Waals surface area contributed by atoms with Crippen LogP contribution in [0.2, 0.25) is 0 Å². The van der Waals surface area contributed by atoms with Crippen molar-refractivity contribution in [1.29, 1.82) is 0 Å². The van der Waals surface area contributed by atoms with Gasteiger partial charge in [0.05, 0.1) is 0 Å². The fourth-order valence-corrected chi connectivity index (χ4v) is 3.00. The van der Waals surface area contributed by atoms with Gasteiger partial charge in [-0.05, 0) is 48.0 Å². The van der Waals surface area contributed by atoms with E-state index in [4.69, 9.17) is 9.47 Å². The molecule has 0 bridgehead atoms. The Morgan fingerprint density at radius 3 is 2.59 bits per heavy atom. The van der Waals surface area contributed by atoms with Crippen LogP contribution in [0.5, 0.6) is 11.5 Å². The Labute approximate surface area is 160 Å². The average Bonchev–Trinajstić information content (AvgIpc) is 3.17. The number of benzene rings is 2. The summed E-state index contributed by atoms with van der Waals surface area (Å²) < 4.78 is 10.6. The van der Waals surface area contributed by atoms with Gasteiger partial charge < -0.3 is 14.8 Å². The zero-order chi connectivity index (χ0) is 19.1. The zero-order valence-electron chi connectivity index (χ0n) is 15.9. The van der Waals surface area contributed by atoms with Crippen LogP contribution < -0.4 is 14.8 Å². The van der Waals surface area contributed by atoms with Crippen LogP contribution in [0.3, 0.4) is 0 Å². The molecule has 0 aliphatic carbocycles. The molecular weight excluding hydrogens is 340 g/mol. The second-order valence-corrected chi connectivity index (χ2v) is 6.39. The monoisotopic (exact) mass is 366 g/mol. The maximum atomic E-state index is 12.2. The summed E-state index contributed by atoms with van der Waals surface area (Å²) in [6, 6.07) is 13.9. The molecule has 5 heteroatoms. The standard InChI is InChI=1S/C22H26N2O3/c1-3-24(4-2)15-19-8-6-5-7-18(19)14-23-22(25)12-10-17-9-11-20-21(13-17)27-16-26-20/h5-13H,3-4,14-16H2,1-2H3,(H,23,25)/b12-10+. The number of nitrogens with one attached hydrogen (secondary N) is 1. The highest BCUT2D eigenvalue weighted by Gasteiger charge is 2.12. The maximum Gasteiger partial charge on any atom is 0.244 e. The summed E-state index contributed by atoms with van der Waals surface area (Å²) in [6.07, 6.45) is 3.32. The van der Waals surface area contributed by atoms with Crippen LogP contribution in [0.15, 0.2) is 48.5 Å². The highest BCUT2D eigenvalue weighted by Crippen LogP contribution is 2.32. The minimum Gasteiger partial charge on any atom is -0.454 e. The molecule has 1 aliphatic heterocycles. The number of nitrogens with zero attached hydrogens (tertiary/aromatic N) is 1. The van der Waals surface area contributed by atoms with Gasteiger partial charge in [0.25, 0.3) is 0 Å². The third kappa shape index (κ3) is 5.11. The van der Waals surface area contributed by atoms with E-state index >= 15 is 0 Å². The molecule has 0 atom stereocenters. The number of hydrogen-bond acceptors (Lipinski definition) is 4. The summed E-state index contributed by atoms with van der Waals surface area (Å²) >= 11 is 0. The molecule has 0 saturated heterocycles. The van der Waals surface area contributed by atoms with Crippen molar-refractivity contribution in [2.75, 3.05) is 19.9 Å². The number of hydrogen-bond donors (Lipinski definition) is 1. The molecule has 0 aromatic heterocycles. The molecule has 0 saturated carbocycles. The number of amides is 1. The van der Waals surface area contributed by atoms with E-state index in [1.165, 1.54) is 5.56 Å². The Kier molecular flexibility index (Phi) is 6.49. The maximum absolute atomic E-state index is 12.2. The van der Waals surface area contributed by atoms with Crippen molar-refractivity contribution in [2.24, 2.45) is 0 Å². The molecule has 2 aromatic rings. The van der Waals surface area contributed by atoms with Gasteiger partial charge in [-0.2, -0.15) is 0 Å². The van der Waals surface area contributed by atoms with E-state index in [0.29, 0.717) is 12.3 Å². The lowest BCUT2D eigenvalue weighted by Gasteiger charge is -2.20. The van der Waals surface area contributed by atoms with Crippen molar-refractivity contribution in [2.45, 2.75) is 26.9 Å². The molecule has 1 N–H and O–H groups in total. The molecule has 0 radical (unpaired) electrons. The highest BCUT2D eigenvalue weighted by molar-refractivity contribution is 5.91. The van der Waals surface area contributed by atoms with Gasteiger partial charge in [-0.25, -0.2) is 0 Å². The van der Waals surface area contributed by atoms with E-state index in [1.807, 2.05) is 30.3 Å². The first-order chi connectivity index (χ1) is 13.2. The number of carbonyl (C=O) groups excluding carboxylic acids is 1. The van der Waals surface area contributed by atoms with Gasteiger partial charge >= 0.3 is 0 Å². The van der Waals surface area contributed by atoms with Crippen LogP contribution in [0, 0.1) is 0 Å². The fourth-order valence-electron chi connectivity index (χ4n) is 3.00. The largest absolute Gasteiger partial charge is 0.454 e. The van der Waals surface area contributed by atoms with Crippen LogP contribution in [0.1, 0.15) is 30.5 Å². The summed E-state index contributed by atoms with van der Waals surface area (Å²) in [4.78, 5) is 14.6. The number of fused-ring (bicyclic) bond motifs is 1. The molecule has 1 aliphatic rings. The van der Waals surface area contributed by atoms with Crippen molar-refractivity contribution in [1.82, 2.24) is 10.2 Å². The quantitative estimate of drug-likeness (QED) is 0.726. The van der Waals surface area contributed by atoms with Crippen molar-refractivity contribution < 1.29 is 14.3 Å². The van der Waals surface area contributed by atoms with Crippen molar-refractivity contribution in [3.63, 3.8) is 0 Å². The third-order valence-electron chi connectivity index (χ3n) is 4.68. The van der Waals surface area contributed by atoms with Crippen LogP contribution >= 0.6 is 0 Å². The van der Waals surface area contributed by atoms with Crippen LogP contribution in [-0.2, 0) is 17.9 Å². The molecule has 0 unspecified atom stereocenters. The molecular formula is C22H26N2O3. The predicted molar refractivity (Wildman–Crippen MR) is 107 cm³/mol. The van der Waals surface area contributed by atoms with Crippen molar-refractivity contribution >= 4 is 12.0 Å². The van der Waals surface area contributed by atoms with Gasteiger partial charge in [0, 0.05) is 19.2 Å². The van der Waals surface area contributed by atoms with Crippen molar-refractivity contribution in [3.05, 3.63) is 65.2 Å². The Bertz CT molecular complexity index is 813. The predicted octanol–water partition coefficient (Wildman–Crippen LogP) is 3.59. The highest BCUT2D eigenvalue weighted by atomic mass is 16.7. The van der Waals surface area contributed by atoms with Gasteiger partial charge in [0.15, 0.2) is 11.5 Å². The summed E-state index contributed by atoms with van der Waals surface area (Å²) in [5, 5.41) is 2.97. The first-order valence-electron chi connectivity index (χ1n) is 9.34. The first-order valence-corrected chi connectivity index (χ1v) is 9.34. The van der Waals surface area contributed by atoms with Crippen LogP contribution in [0.25, 0.3) is 6.08 Å². The number of carbonyl (C=O) groups is 1. The molecule has 2 aromatic carbocycles. The number of rotatable bonds is 8. The second-order valence-electron chi connectivity index (χ2n) is 6.39. The Morgan fingerprint density at radius 2 is 1.81 bits per heavy atom. The van der Waals surface area contributed by atoms with Gasteiger partial charge in [-0.1, -0.05) is 44.2 Å². The zero-order valence-corrected chi connectivity index (χ0v) is 15.9. The lowest BCUT2D eigenvalue weighted by Crippen LogP contribution is -2.25. The van der Waals surface area contributed by atoms with Gasteiger partial charge in [0.2, 0.25) is 12.7 Å². The summed E-state index contributed by atoms with van der Waals surface area (Å²) in [5.74, 6) is 1.33. The Balaban J connectivity index is 1.58. The van der Waals surface area contributed by atoms with E-state index < -0.39 is 0 Å². The fraction of sp³-hybridized carbons (Fsp3) is 0.318. The summed E-state index contributed by atoms with van der Waals surface area (Å²) in [7, 11) is 0. The molecule has 0 spiro atoms. The molecule has 5 nitrogen and oxygen atoms in total. The van der Waals surface area contributed by atoms with E-state index in [9.17, 15) is 4.79 Å².